The standard InChI is InChI=1S/C17H26N2O2/c1-12-8-14(9-13(2)15(12)21-5)10-19(4)16(20)17(3)6-7-18-11-17/h8-9,18H,6-7,10-11H2,1-5H3/t17-/m1/s1. The fourth-order valence-electron chi connectivity index (χ4n) is 3.26. The zero-order valence-electron chi connectivity index (χ0n) is 13.7. The van der Waals surface area contributed by atoms with Crippen molar-refractivity contribution < 1.29 is 9.53 Å². The Bertz CT molecular complexity index is 511. The molecule has 0 bridgehead atoms. The number of amides is 1. The molecule has 1 N–H and O–H groups in total. The summed E-state index contributed by atoms with van der Waals surface area (Å²) in [5.74, 6) is 1.15. The summed E-state index contributed by atoms with van der Waals surface area (Å²) in [4.78, 5) is 14.5. The summed E-state index contributed by atoms with van der Waals surface area (Å²) in [6.45, 7) is 8.48. The first-order valence-corrected chi connectivity index (χ1v) is 7.48. The molecule has 21 heavy (non-hydrogen) atoms. The molecule has 0 radical (unpaired) electrons. The van der Waals surface area contributed by atoms with E-state index in [0.29, 0.717) is 6.54 Å². The van der Waals surface area contributed by atoms with Gasteiger partial charge in [0, 0.05) is 20.1 Å². The van der Waals surface area contributed by atoms with Crippen LogP contribution in [-0.4, -0.2) is 38.1 Å². The van der Waals surface area contributed by atoms with Gasteiger partial charge in [0.25, 0.3) is 0 Å². The van der Waals surface area contributed by atoms with E-state index in [2.05, 4.69) is 24.4 Å². The van der Waals surface area contributed by atoms with Crippen LogP contribution in [0, 0.1) is 19.3 Å². The van der Waals surface area contributed by atoms with E-state index >= 15 is 0 Å². The Morgan fingerprint density at radius 1 is 1.38 bits per heavy atom. The molecule has 0 spiro atoms. The summed E-state index contributed by atoms with van der Waals surface area (Å²) in [5.41, 5.74) is 3.12. The summed E-state index contributed by atoms with van der Waals surface area (Å²) in [7, 11) is 3.58. The van der Waals surface area contributed by atoms with Crippen molar-refractivity contribution in [2.24, 2.45) is 5.41 Å². The molecule has 1 aromatic rings. The first-order valence-electron chi connectivity index (χ1n) is 7.48. The number of hydrogen-bond acceptors (Lipinski definition) is 3. The number of ether oxygens (including phenoxy) is 1. The predicted molar refractivity (Wildman–Crippen MR) is 84.5 cm³/mol. The predicted octanol–water partition coefficient (Wildman–Crippen LogP) is 2.27. The SMILES string of the molecule is COc1c(C)cc(CN(C)C(=O)[C@]2(C)CCNC2)cc1C. The van der Waals surface area contributed by atoms with Crippen molar-refractivity contribution in [3.05, 3.63) is 28.8 Å². The third-order valence-corrected chi connectivity index (χ3v) is 4.38. The lowest BCUT2D eigenvalue weighted by Crippen LogP contribution is -2.41. The molecule has 1 aliphatic rings. The molecule has 0 unspecified atom stereocenters. The maximum absolute atomic E-state index is 12.6. The van der Waals surface area contributed by atoms with Gasteiger partial charge in [-0.05, 0) is 50.4 Å². The Hall–Kier alpha value is -1.55. The molecule has 0 aromatic heterocycles. The fourth-order valence-corrected chi connectivity index (χ4v) is 3.26. The average molecular weight is 290 g/mol. The fraction of sp³-hybridized carbons (Fsp3) is 0.588. The van der Waals surface area contributed by atoms with Crippen LogP contribution in [0.4, 0.5) is 0 Å². The number of benzene rings is 1. The van der Waals surface area contributed by atoms with Gasteiger partial charge >= 0.3 is 0 Å². The van der Waals surface area contributed by atoms with E-state index < -0.39 is 0 Å². The average Bonchev–Trinajstić information content (AvgIpc) is 2.85. The van der Waals surface area contributed by atoms with E-state index in [-0.39, 0.29) is 11.3 Å². The number of carbonyl (C=O) groups is 1. The summed E-state index contributed by atoms with van der Waals surface area (Å²) in [6, 6.07) is 4.20. The van der Waals surface area contributed by atoms with Crippen LogP contribution < -0.4 is 10.1 Å². The van der Waals surface area contributed by atoms with Crippen LogP contribution in [0.3, 0.4) is 0 Å². The Morgan fingerprint density at radius 3 is 2.48 bits per heavy atom. The van der Waals surface area contributed by atoms with Gasteiger partial charge in [-0.25, -0.2) is 0 Å². The lowest BCUT2D eigenvalue weighted by atomic mass is 9.88. The highest BCUT2D eigenvalue weighted by atomic mass is 16.5. The van der Waals surface area contributed by atoms with Crippen LogP contribution >= 0.6 is 0 Å². The van der Waals surface area contributed by atoms with Gasteiger partial charge in [-0.15, -0.1) is 0 Å². The molecule has 4 nitrogen and oxygen atoms in total. The molecule has 4 heteroatoms. The van der Waals surface area contributed by atoms with Crippen molar-refractivity contribution in [3.8, 4) is 5.75 Å². The van der Waals surface area contributed by atoms with E-state index in [1.165, 1.54) is 0 Å². The normalized spacial score (nSPS) is 21.4. The van der Waals surface area contributed by atoms with Gasteiger partial charge in [0.15, 0.2) is 0 Å². The van der Waals surface area contributed by atoms with Crippen LogP contribution in [0.2, 0.25) is 0 Å². The van der Waals surface area contributed by atoms with Crippen LogP contribution in [0.1, 0.15) is 30.0 Å². The van der Waals surface area contributed by atoms with Gasteiger partial charge in [0.05, 0.1) is 12.5 Å². The molecule has 0 aliphatic carbocycles. The van der Waals surface area contributed by atoms with Gasteiger partial charge in [-0.2, -0.15) is 0 Å². The Labute approximate surface area is 127 Å². The molecule has 1 atom stereocenters. The molecule has 1 amide bonds. The van der Waals surface area contributed by atoms with Crippen molar-refractivity contribution in [1.82, 2.24) is 10.2 Å². The minimum atomic E-state index is -0.259. The molecule has 1 aliphatic heterocycles. The molecule has 1 aromatic carbocycles. The topological polar surface area (TPSA) is 41.6 Å². The minimum absolute atomic E-state index is 0.221. The molecule has 1 saturated heterocycles. The van der Waals surface area contributed by atoms with Gasteiger partial charge in [-0.1, -0.05) is 12.1 Å². The zero-order valence-corrected chi connectivity index (χ0v) is 13.7. The Kier molecular flexibility index (Phi) is 4.57. The van der Waals surface area contributed by atoms with Crippen LogP contribution in [-0.2, 0) is 11.3 Å². The van der Waals surface area contributed by atoms with Crippen molar-refractivity contribution in [3.63, 3.8) is 0 Å². The van der Waals surface area contributed by atoms with Crippen molar-refractivity contribution in [2.75, 3.05) is 27.2 Å². The van der Waals surface area contributed by atoms with Gasteiger partial charge in [0.2, 0.25) is 5.91 Å². The van der Waals surface area contributed by atoms with Crippen molar-refractivity contribution >= 4 is 5.91 Å². The van der Waals surface area contributed by atoms with E-state index in [1.807, 2.05) is 25.8 Å². The largest absolute Gasteiger partial charge is 0.496 e. The number of carbonyl (C=O) groups excluding carboxylic acids is 1. The molecule has 2 rings (SSSR count). The summed E-state index contributed by atoms with van der Waals surface area (Å²) < 4.78 is 5.39. The van der Waals surface area contributed by atoms with E-state index in [0.717, 1.165) is 42.0 Å². The van der Waals surface area contributed by atoms with Gasteiger partial charge < -0.3 is 15.0 Å². The molecular formula is C17H26N2O2. The summed E-state index contributed by atoms with van der Waals surface area (Å²) in [6.07, 6.45) is 0.914. The van der Waals surface area contributed by atoms with Crippen molar-refractivity contribution in [1.29, 1.82) is 0 Å². The highest BCUT2D eigenvalue weighted by molar-refractivity contribution is 5.82. The maximum atomic E-state index is 12.6. The first kappa shape index (κ1) is 15.8. The maximum Gasteiger partial charge on any atom is 0.229 e. The zero-order chi connectivity index (χ0) is 15.6. The lowest BCUT2D eigenvalue weighted by Gasteiger charge is -2.28. The van der Waals surface area contributed by atoms with Crippen LogP contribution in [0.15, 0.2) is 12.1 Å². The molecule has 1 heterocycles. The first-order chi connectivity index (χ1) is 9.87. The van der Waals surface area contributed by atoms with E-state index in [1.54, 1.807) is 7.11 Å². The smallest absolute Gasteiger partial charge is 0.229 e. The highest BCUT2D eigenvalue weighted by Crippen LogP contribution is 2.29. The Morgan fingerprint density at radius 2 is 2.00 bits per heavy atom. The number of rotatable bonds is 4. The monoisotopic (exact) mass is 290 g/mol. The number of methoxy groups -OCH3 is 1. The second kappa shape index (κ2) is 6.06. The van der Waals surface area contributed by atoms with E-state index in [4.69, 9.17) is 4.74 Å². The number of hydrogen-bond donors (Lipinski definition) is 1. The number of nitrogens with zero attached hydrogens (tertiary/aromatic N) is 1. The molecule has 0 saturated carbocycles. The van der Waals surface area contributed by atoms with Crippen LogP contribution in [0.25, 0.3) is 0 Å². The number of aryl methyl sites for hydroxylation is 2. The number of nitrogens with one attached hydrogen (secondary N) is 1. The van der Waals surface area contributed by atoms with Crippen molar-refractivity contribution in [2.45, 2.75) is 33.7 Å². The lowest BCUT2D eigenvalue weighted by molar-refractivity contribution is -0.139. The third-order valence-electron chi connectivity index (χ3n) is 4.38. The third kappa shape index (κ3) is 3.21. The minimum Gasteiger partial charge on any atom is -0.496 e. The molecular weight excluding hydrogens is 264 g/mol. The van der Waals surface area contributed by atoms with Crippen LogP contribution in [0.5, 0.6) is 5.75 Å². The quantitative estimate of drug-likeness (QED) is 0.925. The van der Waals surface area contributed by atoms with E-state index in [9.17, 15) is 4.79 Å². The highest BCUT2D eigenvalue weighted by Gasteiger charge is 2.38. The summed E-state index contributed by atoms with van der Waals surface area (Å²) >= 11 is 0. The summed E-state index contributed by atoms with van der Waals surface area (Å²) in [5, 5.41) is 3.28. The van der Waals surface area contributed by atoms with Gasteiger partial charge in [0.1, 0.15) is 5.75 Å². The Balaban J connectivity index is 2.12. The van der Waals surface area contributed by atoms with Gasteiger partial charge in [-0.3, -0.25) is 4.79 Å². The second-order valence-electron chi connectivity index (χ2n) is 6.41. The second-order valence-corrected chi connectivity index (χ2v) is 6.41. The molecule has 116 valence electrons. The molecule has 1 fully saturated rings.